The molecule has 2 aromatic carbocycles. The van der Waals surface area contributed by atoms with Crippen LogP contribution >= 0.6 is 35.4 Å². The van der Waals surface area contributed by atoms with E-state index in [1.54, 1.807) is 7.11 Å². The van der Waals surface area contributed by atoms with E-state index < -0.39 is 0 Å². The molecule has 0 fully saturated rings. The number of nitrogens with one attached hydrogen (secondary N) is 2. The maximum absolute atomic E-state index is 6.31. The van der Waals surface area contributed by atoms with Gasteiger partial charge in [-0.05, 0) is 62.8 Å². The Kier molecular flexibility index (Phi) is 6.67. The molecule has 0 spiro atoms. The van der Waals surface area contributed by atoms with Crippen LogP contribution in [0.3, 0.4) is 0 Å². The average Bonchev–Trinajstić information content (AvgIpc) is 2.92. The van der Waals surface area contributed by atoms with E-state index in [0.29, 0.717) is 21.7 Å². The van der Waals surface area contributed by atoms with E-state index in [2.05, 4.69) is 15.7 Å². The van der Waals surface area contributed by atoms with Gasteiger partial charge in [0.25, 0.3) is 0 Å². The van der Waals surface area contributed by atoms with Gasteiger partial charge in [-0.1, -0.05) is 35.3 Å². The maximum Gasteiger partial charge on any atom is 0.175 e. The Balaban J connectivity index is 1.80. The summed E-state index contributed by atoms with van der Waals surface area (Å²) in [6.45, 7) is 6.39. The van der Waals surface area contributed by atoms with Crippen molar-refractivity contribution in [2.75, 3.05) is 17.7 Å². The second-order valence-electron chi connectivity index (χ2n) is 6.69. The fourth-order valence-electron chi connectivity index (χ4n) is 3.05. The predicted octanol–water partition coefficient (Wildman–Crippen LogP) is 5.98. The largest absolute Gasteiger partial charge is 0.495 e. The van der Waals surface area contributed by atoms with E-state index in [-0.39, 0.29) is 0 Å². The summed E-state index contributed by atoms with van der Waals surface area (Å²) >= 11 is 18.1. The van der Waals surface area contributed by atoms with Gasteiger partial charge in [-0.25, -0.2) is 0 Å². The summed E-state index contributed by atoms with van der Waals surface area (Å²) in [6, 6.07) is 11.3. The first-order valence-corrected chi connectivity index (χ1v) is 10.2. The average molecular weight is 449 g/mol. The van der Waals surface area contributed by atoms with Gasteiger partial charge in [0, 0.05) is 15.6 Å². The Morgan fingerprint density at radius 2 is 1.79 bits per heavy atom. The van der Waals surface area contributed by atoms with E-state index in [0.717, 1.165) is 39.6 Å². The second-order valence-corrected chi connectivity index (χ2v) is 7.91. The molecule has 8 heteroatoms. The summed E-state index contributed by atoms with van der Waals surface area (Å²) in [5.74, 6) is 0.720. The zero-order chi connectivity index (χ0) is 21.1. The molecule has 2 N–H and O–H groups in total. The van der Waals surface area contributed by atoms with Crippen molar-refractivity contribution < 1.29 is 4.74 Å². The monoisotopic (exact) mass is 448 g/mol. The Morgan fingerprint density at radius 1 is 1.10 bits per heavy atom. The van der Waals surface area contributed by atoms with Crippen molar-refractivity contribution >= 4 is 51.9 Å². The number of benzene rings is 2. The minimum Gasteiger partial charge on any atom is -0.495 e. The van der Waals surface area contributed by atoms with Crippen molar-refractivity contribution in [1.29, 1.82) is 0 Å². The van der Waals surface area contributed by atoms with Crippen LogP contribution in [0, 0.1) is 20.8 Å². The molecule has 0 saturated carbocycles. The van der Waals surface area contributed by atoms with Crippen molar-refractivity contribution in [3.63, 3.8) is 0 Å². The lowest BCUT2D eigenvalue weighted by molar-refractivity contribution is 0.417. The first kappa shape index (κ1) is 21.4. The molecule has 0 bridgehead atoms. The molecule has 0 radical (unpaired) electrons. The molecular formula is C21H22Cl2N4OS. The highest BCUT2D eigenvalue weighted by molar-refractivity contribution is 7.80. The molecule has 0 atom stereocenters. The van der Waals surface area contributed by atoms with Crippen molar-refractivity contribution in [3.8, 4) is 5.75 Å². The number of methoxy groups -OCH3 is 1. The molecule has 0 unspecified atom stereocenters. The van der Waals surface area contributed by atoms with Gasteiger partial charge in [0.05, 0.1) is 36.4 Å². The van der Waals surface area contributed by atoms with Crippen LogP contribution in [-0.4, -0.2) is 22.0 Å². The lowest BCUT2D eigenvalue weighted by Gasteiger charge is -2.14. The fraction of sp³-hybridized carbons (Fsp3) is 0.238. The van der Waals surface area contributed by atoms with Crippen LogP contribution in [0.25, 0.3) is 0 Å². The molecule has 0 aliphatic rings. The summed E-state index contributed by atoms with van der Waals surface area (Å²) in [7, 11) is 1.63. The van der Waals surface area contributed by atoms with Gasteiger partial charge in [0.2, 0.25) is 0 Å². The molecule has 1 heterocycles. The van der Waals surface area contributed by atoms with Gasteiger partial charge in [0.15, 0.2) is 5.11 Å². The van der Waals surface area contributed by atoms with E-state index in [1.165, 1.54) is 0 Å². The van der Waals surface area contributed by atoms with Crippen LogP contribution in [0.1, 0.15) is 22.5 Å². The molecule has 3 aromatic rings. The highest BCUT2D eigenvalue weighted by atomic mass is 35.5. The summed E-state index contributed by atoms with van der Waals surface area (Å²) in [5, 5.41) is 12.7. The van der Waals surface area contributed by atoms with E-state index in [1.807, 2.05) is 61.9 Å². The number of thiocarbonyl (C=S) groups is 1. The van der Waals surface area contributed by atoms with Crippen molar-refractivity contribution in [2.24, 2.45) is 0 Å². The fourth-order valence-corrected chi connectivity index (χ4v) is 3.78. The van der Waals surface area contributed by atoms with Crippen molar-refractivity contribution in [1.82, 2.24) is 9.78 Å². The summed E-state index contributed by atoms with van der Waals surface area (Å²) in [5.41, 5.74) is 5.34. The smallest absolute Gasteiger partial charge is 0.175 e. The van der Waals surface area contributed by atoms with Crippen molar-refractivity contribution in [2.45, 2.75) is 27.3 Å². The second kappa shape index (κ2) is 9.03. The quantitative estimate of drug-likeness (QED) is 0.470. The molecule has 0 amide bonds. The Morgan fingerprint density at radius 3 is 2.45 bits per heavy atom. The lowest BCUT2D eigenvalue weighted by Crippen LogP contribution is -2.20. The third-order valence-corrected chi connectivity index (χ3v) is 5.51. The van der Waals surface area contributed by atoms with Gasteiger partial charge in [-0.2, -0.15) is 5.10 Å². The SMILES string of the molecule is COc1ccc(C)cc1NC(=S)Nc1c(C)nn(Cc2c(Cl)cccc2Cl)c1C. The molecular weight excluding hydrogens is 427 g/mol. The minimum atomic E-state index is 0.454. The Hall–Kier alpha value is -2.28. The number of halogens is 2. The zero-order valence-corrected chi connectivity index (χ0v) is 19.0. The van der Waals surface area contributed by atoms with Gasteiger partial charge in [-0.15, -0.1) is 0 Å². The standard InChI is InChI=1S/C21H22Cl2N4OS/c1-12-8-9-19(28-4)18(10-12)24-21(29)25-20-13(2)26-27(14(20)3)11-15-16(22)6-5-7-17(15)23/h5-10H,11H2,1-4H3,(H2,24,25,29). The van der Waals surface area contributed by atoms with Crippen LogP contribution in [-0.2, 0) is 6.54 Å². The third-order valence-electron chi connectivity index (χ3n) is 4.59. The van der Waals surface area contributed by atoms with E-state index in [9.17, 15) is 0 Å². The molecule has 0 saturated heterocycles. The minimum absolute atomic E-state index is 0.454. The molecule has 5 nitrogen and oxygen atoms in total. The molecule has 3 rings (SSSR count). The zero-order valence-electron chi connectivity index (χ0n) is 16.6. The molecule has 0 aliphatic carbocycles. The van der Waals surface area contributed by atoms with Crippen LogP contribution in [0.4, 0.5) is 11.4 Å². The Bertz CT molecular complexity index is 1040. The normalized spacial score (nSPS) is 10.7. The van der Waals surface area contributed by atoms with E-state index >= 15 is 0 Å². The molecule has 1 aromatic heterocycles. The highest BCUT2D eigenvalue weighted by Crippen LogP contribution is 2.28. The van der Waals surface area contributed by atoms with Crippen LogP contribution in [0.2, 0.25) is 10.0 Å². The number of ether oxygens (including phenoxy) is 1. The Labute approximate surface area is 186 Å². The summed E-state index contributed by atoms with van der Waals surface area (Å²) in [4.78, 5) is 0. The maximum atomic E-state index is 6.31. The van der Waals surface area contributed by atoms with E-state index in [4.69, 9.17) is 40.2 Å². The number of hydrogen-bond acceptors (Lipinski definition) is 3. The molecule has 0 aliphatic heterocycles. The lowest BCUT2D eigenvalue weighted by atomic mass is 10.2. The topological polar surface area (TPSA) is 51.1 Å². The first-order valence-electron chi connectivity index (χ1n) is 8.99. The summed E-state index contributed by atoms with van der Waals surface area (Å²) < 4.78 is 7.26. The van der Waals surface area contributed by atoms with Crippen LogP contribution in [0.15, 0.2) is 36.4 Å². The van der Waals surface area contributed by atoms with Crippen molar-refractivity contribution in [3.05, 3.63) is 69.0 Å². The van der Waals surface area contributed by atoms with Gasteiger partial charge < -0.3 is 15.4 Å². The van der Waals surface area contributed by atoms with Crippen LogP contribution < -0.4 is 15.4 Å². The first-order chi connectivity index (χ1) is 13.8. The summed E-state index contributed by atoms with van der Waals surface area (Å²) in [6.07, 6.45) is 0. The van der Waals surface area contributed by atoms with Gasteiger partial charge >= 0.3 is 0 Å². The molecule has 29 heavy (non-hydrogen) atoms. The van der Waals surface area contributed by atoms with Crippen LogP contribution in [0.5, 0.6) is 5.75 Å². The number of aryl methyl sites for hydroxylation is 2. The number of anilines is 2. The predicted molar refractivity (Wildman–Crippen MR) is 125 cm³/mol. The number of rotatable bonds is 5. The number of hydrogen-bond donors (Lipinski definition) is 2. The number of nitrogens with zero attached hydrogens (tertiary/aromatic N) is 2. The number of aromatic nitrogens is 2. The third kappa shape index (κ3) is 4.83. The van der Waals surface area contributed by atoms with Gasteiger partial charge in [0.1, 0.15) is 5.75 Å². The van der Waals surface area contributed by atoms with Gasteiger partial charge in [-0.3, -0.25) is 4.68 Å². The highest BCUT2D eigenvalue weighted by Gasteiger charge is 2.16. The molecule has 152 valence electrons.